The van der Waals surface area contributed by atoms with Crippen molar-refractivity contribution in [1.82, 2.24) is 0 Å². The van der Waals surface area contributed by atoms with Gasteiger partial charge in [-0.15, -0.1) is 0 Å². The molecule has 3 heteroatoms. The largest absolute Gasteiger partial charge is 0.465 e. The van der Waals surface area contributed by atoms with E-state index in [-0.39, 0.29) is 12.0 Å². The van der Waals surface area contributed by atoms with Crippen LogP contribution in [0.15, 0.2) is 0 Å². The first-order valence-electron chi connectivity index (χ1n) is 6.04. The van der Waals surface area contributed by atoms with Crippen molar-refractivity contribution in [1.29, 1.82) is 0 Å². The summed E-state index contributed by atoms with van der Waals surface area (Å²) in [5.74, 6) is 0.916. The molecule has 1 aliphatic carbocycles. The van der Waals surface area contributed by atoms with Gasteiger partial charge in [0.05, 0.1) is 13.0 Å². The molecule has 1 aliphatic rings. The highest BCUT2D eigenvalue weighted by Crippen LogP contribution is 2.32. The van der Waals surface area contributed by atoms with Crippen molar-refractivity contribution in [3.8, 4) is 0 Å². The molecule has 0 radical (unpaired) electrons. The van der Waals surface area contributed by atoms with Crippen molar-refractivity contribution < 1.29 is 9.53 Å². The molecule has 1 rings (SSSR count). The second kappa shape index (κ2) is 6.11. The molecule has 1 fully saturated rings. The van der Waals surface area contributed by atoms with E-state index < -0.39 is 0 Å². The molecule has 88 valence electrons. The third kappa shape index (κ3) is 5.17. The Morgan fingerprint density at radius 3 is 2.73 bits per heavy atom. The van der Waals surface area contributed by atoms with Crippen LogP contribution in [-0.4, -0.2) is 18.6 Å². The summed E-state index contributed by atoms with van der Waals surface area (Å²) >= 11 is 0. The Bertz CT molecular complexity index is 202. The van der Waals surface area contributed by atoms with Gasteiger partial charge in [-0.05, 0) is 31.1 Å². The second-order valence-corrected chi connectivity index (χ2v) is 4.78. The Kier molecular flexibility index (Phi) is 5.09. The minimum atomic E-state index is -0.127. The fraction of sp³-hybridized carbons (Fsp3) is 0.917. The summed E-state index contributed by atoms with van der Waals surface area (Å²) in [7, 11) is 0. The van der Waals surface area contributed by atoms with Gasteiger partial charge in [0.25, 0.3) is 0 Å². The van der Waals surface area contributed by atoms with E-state index in [1.165, 1.54) is 12.8 Å². The van der Waals surface area contributed by atoms with Crippen LogP contribution in [-0.2, 0) is 9.53 Å². The highest BCUT2D eigenvalue weighted by atomic mass is 16.5. The summed E-state index contributed by atoms with van der Waals surface area (Å²) in [4.78, 5) is 11.4. The molecule has 0 bridgehead atoms. The standard InChI is InChI=1S/C12H23NO2/c1-3-4-9(2)8-15-12(14)7-11(13)10-5-6-10/h9-11H,3-8,13H2,1-2H3. The number of hydrogen-bond acceptors (Lipinski definition) is 3. The third-order valence-electron chi connectivity index (χ3n) is 2.94. The van der Waals surface area contributed by atoms with Crippen LogP contribution in [0, 0.1) is 11.8 Å². The lowest BCUT2D eigenvalue weighted by atomic mass is 10.1. The predicted octanol–water partition coefficient (Wildman–Crippen LogP) is 2.09. The van der Waals surface area contributed by atoms with Gasteiger partial charge in [0.15, 0.2) is 0 Å². The van der Waals surface area contributed by atoms with Gasteiger partial charge in [0.2, 0.25) is 0 Å². The molecule has 0 aliphatic heterocycles. The van der Waals surface area contributed by atoms with Crippen molar-refractivity contribution in [3.63, 3.8) is 0 Å². The molecule has 0 aromatic heterocycles. The Hall–Kier alpha value is -0.570. The molecule has 0 saturated heterocycles. The first kappa shape index (κ1) is 12.5. The quantitative estimate of drug-likeness (QED) is 0.659. The van der Waals surface area contributed by atoms with Gasteiger partial charge < -0.3 is 10.5 Å². The molecule has 2 N–H and O–H groups in total. The van der Waals surface area contributed by atoms with E-state index in [1.54, 1.807) is 0 Å². The van der Waals surface area contributed by atoms with Crippen LogP contribution in [0.4, 0.5) is 0 Å². The molecular weight excluding hydrogens is 190 g/mol. The number of esters is 1. The van der Waals surface area contributed by atoms with Crippen molar-refractivity contribution in [2.75, 3.05) is 6.61 Å². The summed E-state index contributed by atoms with van der Waals surface area (Å²) in [5.41, 5.74) is 5.84. The zero-order chi connectivity index (χ0) is 11.3. The zero-order valence-electron chi connectivity index (χ0n) is 9.87. The predicted molar refractivity (Wildman–Crippen MR) is 60.3 cm³/mol. The molecule has 15 heavy (non-hydrogen) atoms. The topological polar surface area (TPSA) is 52.3 Å². The highest BCUT2D eigenvalue weighted by Gasteiger charge is 2.30. The Morgan fingerprint density at radius 2 is 2.20 bits per heavy atom. The Balaban J connectivity index is 2.06. The van der Waals surface area contributed by atoms with E-state index in [0.717, 1.165) is 12.8 Å². The molecule has 2 unspecified atom stereocenters. The van der Waals surface area contributed by atoms with E-state index in [0.29, 0.717) is 24.9 Å². The van der Waals surface area contributed by atoms with Crippen LogP contribution in [0.25, 0.3) is 0 Å². The Labute approximate surface area is 92.4 Å². The smallest absolute Gasteiger partial charge is 0.307 e. The number of ether oxygens (including phenoxy) is 1. The van der Waals surface area contributed by atoms with Gasteiger partial charge in [-0.2, -0.15) is 0 Å². The van der Waals surface area contributed by atoms with E-state index in [2.05, 4.69) is 13.8 Å². The minimum Gasteiger partial charge on any atom is -0.465 e. The van der Waals surface area contributed by atoms with E-state index in [9.17, 15) is 4.79 Å². The number of rotatable bonds is 7. The van der Waals surface area contributed by atoms with Crippen LogP contribution >= 0.6 is 0 Å². The number of carbonyl (C=O) groups is 1. The van der Waals surface area contributed by atoms with Crippen molar-refractivity contribution in [2.45, 2.75) is 52.0 Å². The fourth-order valence-electron chi connectivity index (χ4n) is 1.75. The van der Waals surface area contributed by atoms with Crippen LogP contribution in [0.2, 0.25) is 0 Å². The lowest BCUT2D eigenvalue weighted by molar-refractivity contribution is -0.145. The van der Waals surface area contributed by atoms with E-state index in [4.69, 9.17) is 10.5 Å². The second-order valence-electron chi connectivity index (χ2n) is 4.78. The average molecular weight is 213 g/mol. The lowest BCUT2D eigenvalue weighted by Gasteiger charge is -2.13. The summed E-state index contributed by atoms with van der Waals surface area (Å²) < 4.78 is 5.19. The molecular formula is C12H23NO2. The van der Waals surface area contributed by atoms with Crippen LogP contribution < -0.4 is 5.73 Å². The van der Waals surface area contributed by atoms with Gasteiger partial charge in [-0.25, -0.2) is 0 Å². The number of hydrogen-bond donors (Lipinski definition) is 1. The molecule has 3 nitrogen and oxygen atoms in total. The SMILES string of the molecule is CCCC(C)COC(=O)CC(N)C1CC1. The fourth-order valence-corrected chi connectivity index (χ4v) is 1.75. The van der Waals surface area contributed by atoms with Gasteiger partial charge in [0.1, 0.15) is 0 Å². The first-order valence-corrected chi connectivity index (χ1v) is 6.04. The Morgan fingerprint density at radius 1 is 1.53 bits per heavy atom. The lowest BCUT2D eigenvalue weighted by Crippen LogP contribution is -2.27. The highest BCUT2D eigenvalue weighted by molar-refractivity contribution is 5.70. The molecule has 0 aromatic carbocycles. The normalized spacial score (nSPS) is 19.7. The minimum absolute atomic E-state index is 0.0268. The molecule has 0 amide bonds. The van der Waals surface area contributed by atoms with Crippen molar-refractivity contribution >= 4 is 5.97 Å². The average Bonchev–Trinajstić information content (AvgIpc) is 2.98. The van der Waals surface area contributed by atoms with E-state index in [1.807, 2.05) is 0 Å². The monoisotopic (exact) mass is 213 g/mol. The maximum absolute atomic E-state index is 11.4. The molecule has 0 aromatic rings. The third-order valence-corrected chi connectivity index (χ3v) is 2.94. The van der Waals surface area contributed by atoms with Crippen molar-refractivity contribution in [2.24, 2.45) is 17.6 Å². The van der Waals surface area contributed by atoms with Gasteiger partial charge >= 0.3 is 5.97 Å². The maximum atomic E-state index is 11.4. The molecule has 0 spiro atoms. The van der Waals surface area contributed by atoms with Crippen LogP contribution in [0.1, 0.15) is 46.0 Å². The molecule has 0 heterocycles. The zero-order valence-corrected chi connectivity index (χ0v) is 9.87. The summed E-state index contributed by atoms with van der Waals surface area (Å²) in [6.07, 6.45) is 5.01. The van der Waals surface area contributed by atoms with Gasteiger partial charge in [-0.1, -0.05) is 20.3 Å². The van der Waals surface area contributed by atoms with Gasteiger partial charge in [-0.3, -0.25) is 4.79 Å². The number of nitrogens with two attached hydrogens (primary N) is 1. The van der Waals surface area contributed by atoms with Crippen LogP contribution in [0.3, 0.4) is 0 Å². The molecule has 2 atom stereocenters. The van der Waals surface area contributed by atoms with Crippen molar-refractivity contribution in [3.05, 3.63) is 0 Å². The first-order chi connectivity index (χ1) is 7.13. The van der Waals surface area contributed by atoms with E-state index >= 15 is 0 Å². The summed E-state index contributed by atoms with van der Waals surface area (Å²) in [5, 5.41) is 0. The van der Waals surface area contributed by atoms with Crippen LogP contribution in [0.5, 0.6) is 0 Å². The summed E-state index contributed by atoms with van der Waals surface area (Å²) in [6, 6.07) is 0.0268. The van der Waals surface area contributed by atoms with Gasteiger partial charge in [0, 0.05) is 6.04 Å². The summed E-state index contributed by atoms with van der Waals surface area (Å²) in [6.45, 7) is 4.79. The molecule has 1 saturated carbocycles. The maximum Gasteiger partial charge on any atom is 0.307 e. The number of carbonyl (C=O) groups excluding carboxylic acids is 1.